The zero-order chi connectivity index (χ0) is 21.6. The second-order valence-corrected chi connectivity index (χ2v) is 8.20. The quantitative estimate of drug-likeness (QED) is 0.477. The minimum atomic E-state index is -3.97. The second kappa shape index (κ2) is 9.50. The molecule has 0 aliphatic heterocycles. The molecular weight excluding hydrogens is 422 g/mol. The number of amides is 1. The topological polar surface area (TPSA) is 125 Å². The first-order chi connectivity index (χ1) is 13.7. The molecule has 0 atom stereocenters. The Hall–Kier alpha value is -2.95. The minimum Gasteiger partial charge on any atom is -0.495 e. The molecule has 0 saturated heterocycles. The standard InChI is InChI=1S/C18H18ClN3O6S/c1-22(29(26,27)13-7-8-16(28-2)15(19)9-13)11-17(23)21-20-10-12-5-3-4-6-14(12)18(24)25/h3-10H,11H2,1-2H3,(H,21,23)(H,24,25). The summed E-state index contributed by atoms with van der Waals surface area (Å²) in [5, 5.41) is 12.9. The Morgan fingerprint density at radius 2 is 1.97 bits per heavy atom. The van der Waals surface area contributed by atoms with Gasteiger partial charge in [-0.05, 0) is 24.3 Å². The lowest BCUT2D eigenvalue weighted by molar-refractivity contribution is -0.121. The van der Waals surface area contributed by atoms with Crippen LogP contribution in [0.1, 0.15) is 15.9 Å². The lowest BCUT2D eigenvalue weighted by atomic mass is 10.1. The van der Waals surface area contributed by atoms with Crippen molar-refractivity contribution in [3.05, 3.63) is 58.6 Å². The number of likely N-dealkylation sites (N-methyl/N-ethyl adjacent to an activating group) is 1. The Morgan fingerprint density at radius 3 is 2.59 bits per heavy atom. The van der Waals surface area contributed by atoms with E-state index >= 15 is 0 Å². The van der Waals surface area contributed by atoms with Gasteiger partial charge in [-0.3, -0.25) is 4.79 Å². The third-order valence-corrected chi connectivity index (χ3v) is 5.88. The van der Waals surface area contributed by atoms with Crippen molar-refractivity contribution in [2.24, 2.45) is 5.10 Å². The highest BCUT2D eigenvalue weighted by Gasteiger charge is 2.24. The number of nitrogens with one attached hydrogen (secondary N) is 1. The number of ether oxygens (including phenoxy) is 1. The molecular formula is C18H18ClN3O6S. The molecule has 29 heavy (non-hydrogen) atoms. The van der Waals surface area contributed by atoms with E-state index < -0.39 is 28.4 Å². The molecule has 0 aromatic heterocycles. The van der Waals surface area contributed by atoms with E-state index in [-0.39, 0.29) is 21.0 Å². The van der Waals surface area contributed by atoms with Gasteiger partial charge in [0, 0.05) is 12.6 Å². The van der Waals surface area contributed by atoms with E-state index in [4.69, 9.17) is 21.4 Å². The number of benzene rings is 2. The van der Waals surface area contributed by atoms with Crippen molar-refractivity contribution >= 4 is 39.7 Å². The number of hydrazone groups is 1. The number of sulfonamides is 1. The molecule has 0 fully saturated rings. The van der Waals surface area contributed by atoms with E-state index in [2.05, 4.69) is 10.5 Å². The molecule has 0 spiro atoms. The van der Waals surface area contributed by atoms with Gasteiger partial charge in [0.05, 0.1) is 35.4 Å². The third kappa shape index (κ3) is 5.53. The highest BCUT2D eigenvalue weighted by Crippen LogP contribution is 2.27. The molecule has 1 amide bonds. The summed E-state index contributed by atoms with van der Waals surface area (Å²) in [4.78, 5) is 23.0. The van der Waals surface area contributed by atoms with Crippen LogP contribution < -0.4 is 10.2 Å². The van der Waals surface area contributed by atoms with Gasteiger partial charge in [-0.2, -0.15) is 9.41 Å². The van der Waals surface area contributed by atoms with Crippen molar-refractivity contribution in [1.82, 2.24) is 9.73 Å². The summed E-state index contributed by atoms with van der Waals surface area (Å²) in [6.07, 6.45) is 1.17. The monoisotopic (exact) mass is 439 g/mol. The van der Waals surface area contributed by atoms with Crippen LogP contribution >= 0.6 is 11.6 Å². The minimum absolute atomic E-state index is 0.0154. The maximum absolute atomic E-state index is 12.6. The largest absolute Gasteiger partial charge is 0.495 e. The normalized spacial score (nSPS) is 11.6. The number of carbonyl (C=O) groups is 2. The lowest BCUT2D eigenvalue weighted by Crippen LogP contribution is -2.36. The zero-order valence-corrected chi connectivity index (χ0v) is 17.1. The number of halogens is 1. The summed E-state index contributed by atoms with van der Waals surface area (Å²) in [5.41, 5.74) is 2.47. The van der Waals surface area contributed by atoms with Crippen molar-refractivity contribution in [1.29, 1.82) is 0 Å². The molecule has 2 aromatic carbocycles. The van der Waals surface area contributed by atoms with Crippen LogP contribution in [0, 0.1) is 0 Å². The average Bonchev–Trinajstić information content (AvgIpc) is 2.68. The maximum atomic E-state index is 12.6. The second-order valence-electron chi connectivity index (χ2n) is 5.74. The number of carboxylic acid groups (broad SMARTS) is 1. The molecule has 0 unspecified atom stereocenters. The van der Waals surface area contributed by atoms with Gasteiger partial charge < -0.3 is 9.84 Å². The predicted octanol–water partition coefficient (Wildman–Crippen LogP) is 1.82. The molecule has 0 radical (unpaired) electrons. The van der Waals surface area contributed by atoms with Crippen LogP contribution in [0.25, 0.3) is 0 Å². The Labute approximate surface area is 172 Å². The van der Waals surface area contributed by atoms with Crippen LogP contribution in [-0.4, -0.2) is 56.6 Å². The first-order valence-electron chi connectivity index (χ1n) is 8.11. The Balaban J connectivity index is 2.05. The van der Waals surface area contributed by atoms with Gasteiger partial charge >= 0.3 is 5.97 Å². The molecule has 9 nitrogen and oxygen atoms in total. The number of nitrogens with zero attached hydrogens (tertiary/aromatic N) is 2. The smallest absolute Gasteiger partial charge is 0.336 e. The molecule has 2 aromatic rings. The zero-order valence-electron chi connectivity index (χ0n) is 15.5. The molecule has 0 saturated carbocycles. The predicted molar refractivity (Wildman–Crippen MR) is 107 cm³/mol. The van der Waals surface area contributed by atoms with Crippen molar-refractivity contribution in [3.8, 4) is 5.75 Å². The van der Waals surface area contributed by atoms with Crippen LogP contribution in [0.3, 0.4) is 0 Å². The van der Waals surface area contributed by atoms with E-state index in [9.17, 15) is 18.0 Å². The number of rotatable bonds is 8. The summed E-state index contributed by atoms with van der Waals surface area (Å²) in [7, 11) is -1.34. The van der Waals surface area contributed by atoms with Crippen molar-refractivity contribution in [3.63, 3.8) is 0 Å². The maximum Gasteiger partial charge on any atom is 0.336 e. The van der Waals surface area contributed by atoms with E-state index in [1.807, 2.05) is 0 Å². The van der Waals surface area contributed by atoms with Crippen LogP contribution in [-0.2, 0) is 14.8 Å². The summed E-state index contributed by atoms with van der Waals surface area (Å²) in [6.45, 7) is -0.510. The van der Waals surface area contributed by atoms with E-state index in [1.54, 1.807) is 12.1 Å². The summed E-state index contributed by atoms with van der Waals surface area (Å²) >= 11 is 5.96. The van der Waals surface area contributed by atoms with E-state index in [0.717, 1.165) is 4.31 Å². The van der Waals surface area contributed by atoms with Gasteiger partial charge in [-0.25, -0.2) is 18.6 Å². The summed E-state index contributed by atoms with van der Waals surface area (Å²) in [6, 6.07) is 10.0. The van der Waals surface area contributed by atoms with Crippen molar-refractivity contribution in [2.45, 2.75) is 4.90 Å². The number of hydrogen-bond donors (Lipinski definition) is 2. The Morgan fingerprint density at radius 1 is 1.28 bits per heavy atom. The highest BCUT2D eigenvalue weighted by atomic mass is 35.5. The van der Waals surface area contributed by atoms with Crippen LogP contribution in [0.5, 0.6) is 5.75 Å². The number of carboxylic acids is 1. The summed E-state index contributed by atoms with van der Waals surface area (Å²) < 4.78 is 31.0. The Bertz CT molecular complexity index is 1060. The molecule has 0 aliphatic carbocycles. The van der Waals surface area contributed by atoms with Gasteiger partial charge in [-0.1, -0.05) is 29.8 Å². The fourth-order valence-electron chi connectivity index (χ4n) is 2.29. The number of hydrogen-bond acceptors (Lipinski definition) is 6. The fourth-order valence-corrected chi connectivity index (χ4v) is 3.76. The number of carbonyl (C=O) groups excluding carboxylic acids is 1. The van der Waals surface area contributed by atoms with E-state index in [0.29, 0.717) is 5.75 Å². The molecule has 2 N–H and O–H groups in total. The molecule has 0 aliphatic rings. The third-order valence-electron chi connectivity index (χ3n) is 3.78. The van der Waals surface area contributed by atoms with E-state index in [1.165, 1.54) is 50.7 Å². The lowest BCUT2D eigenvalue weighted by Gasteiger charge is -2.16. The molecule has 11 heteroatoms. The number of methoxy groups -OCH3 is 1. The van der Waals surface area contributed by atoms with Crippen LogP contribution in [0.15, 0.2) is 52.5 Å². The molecule has 2 rings (SSSR count). The first-order valence-corrected chi connectivity index (χ1v) is 9.92. The number of aromatic carboxylic acids is 1. The van der Waals surface area contributed by atoms with Crippen LogP contribution in [0.4, 0.5) is 0 Å². The fraction of sp³-hybridized carbons (Fsp3) is 0.167. The van der Waals surface area contributed by atoms with Gasteiger partial charge in [0.25, 0.3) is 5.91 Å². The summed E-state index contributed by atoms with van der Waals surface area (Å²) in [5.74, 6) is -1.52. The van der Waals surface area contributed by atoms with Crippen molar-refractivity contribution < 1.29 is 27.9 Å². The van der Waals surface area contributed by atoms with Gasteiger partial charge in [0.2, 0.25) is 10.0 Å². The van der Waals surface area contributed by atoms with Gasteiger partial charge in [0.15, 0.2) is 0 Å². The van der Waals surface area contributed by atoms with Gasteiger partial charge in [-0.15, -0.1) is 0 Å². The SMILES string of the molecule is COc1ccc(S(=O)(=O)N(C)CC(=O)NN=Cc2ccccc2C(=O)O)cc1Cl. The van der Waals surface area contributed by atoms with Crippen LogP contribution in [0.2, 0.25) is 5.02 Å². The van der Waals surface area contributed by atoms with Crippen molar-refractivity contribution in [2.75, 3.05) is 20.7 Å². The Kier molecular flexibility index (Phi) is 7.32. The average molecular weight is 440 g/mol. The molecule has 0 heterocycles. The molecule has 154 valence electrons. The highest BCUT2D eigenvalue weighted by molar-refractivity contribution is 7.89. The first kappa shape index (κ1) is 22.3. The molecule has 0 bridgehead atoms. The van der Waals surface area contributed by atoms with Gasteiger partial charge in [0.1, 0.15) is 5.75 Å².